The van der Waals surface area contributed by atoms with Crippen molar-refractivity contribution in [1.29, 1.82) is 0 Å². The lowest BCUT2D eigenvalue weighted by Crippen LogP contribution is -2.55. The number of rotatable bonds is 6. The van der Waals surface area contributed by atoms with Gasteiger partial charge in [0, 0.05) is 25.6 Å². The van der Waals surface area contributed by atoms with Crippen LogP contribution in [0.4, 0.5) is 5.82 Å². The highest BCUT2D eigenvalue weighted by Crippen LogP contribution is 2.53. The van der Waals surface area contributed by atoms with Gasteiger partial charge in [-0.05, 0) is 86.5 Å². The van der Waals surface area contributed by atoms with Crippen LogP contribution >= 0.6 is 11.8 Å². The topological polar surface area (TPSA) is 82.5 Å². The van der Waals surface area contributed by atoms with Gasteiger partial charge in [-0.15, -0.1) is 11.8 Å². The molecule has 1 aromatic heterocycles. The molecule has 4 saturated carbocycles. The molecule has 5 fully saturated rings. The summed E-state index contributed by atoms with van der Waals surface area (Å²) in [6, 6.07) is 4.16. The van der Waals surface area contributed by atoms with E-state index in [0.717, 1.165) is 35.6 Å². The molecule has 0 aromatic carbocycles. The zero-order valence-electron chi connectivity index (χ0n) is 17.5. The van der Waals surface area contributed by atoms with E-state index in [9.17, 15) is 9.59 Å². The van der Waals surface area contributed by atoms with Crippen LogP contribution in [0, 0.1) is 29.6 Å². The van der Waals surface area contributed by atoms with Crippen LogP contribution in [-0.2, 0) is 4.79 Å². The van der Waals surface area contributed by atoms with Crippen molar-refractivity contribution in [2.24, 2.45) is 29.6 Å². The first-order valence-electron chi connectivity index (χ1n) is 11.3. The van der Waals surface area contributed by atoms with Crippen LogP contribution in [0.25, 0.3) is 0 Å². The molecule has 1 aromatic rings. The van der Waals surface area contributed by atoms with E-state index in [1.165, 1.54) is 43.9 Å². The van der Waals surface area contributed by atoms with Crippen LogP contribution in [0.1, 0.15) is 55.3 Å². The van der Waals surface area contributed by atoms with Gasteiger partial charge in [0.15, 0.2) is 0 Å². The normalized spacial score (nSPS) is 34.4. The van der Waals surface area contributed by atoms with Crippen LogP contribution in [0.2, 0.25) is 0 Å². The molecule has 0 radical (unpaired) electrons. The molecule has 30 heavy (non-hydrogen) atoms. The Hall–Kier alpha value is -1.76. The molecule has 4 bridgehead atoms. The van der Waals surface area contributed by atoms with Crippen molar-refractivity contribution in [2.45, 2.75) is 56.0 Å². The van der Waals surface area contributed by atoms with E-state index in [2.05, 4.69) is 10.2 Å². The third kappa shape index (κ3) is 3.81. The van der Waals surface area contributed by atoms with Gasteiger partial charge in [0.1, 0.15) is 10.8 Å². The number of hydrogen-bond donors (Lipinski definition) is 2. The van der Waals surface area contributed by atoms with Crippen molar-refractivity contribution in [3.05, 3.63) is 17.7 Å². The van der Waals surface area contributed by atoms with E-state index < -0.39 is 5.97 Å². The molecule has 7 heteroatoms. The lowest BCUT2D eigenvalue weighted by atomic mass is 9.54. The largest absolute Gasteiger partial charge is 0.481 e. The van der Waals surface area contributed by atoms with Gasteiger partial charge in [-0.25, -0.2) is 4.98 Å². The van der Waals surface area contributed by atoms with Crippen LogP contribution in [-0.4, -0.2) is 47.4 Å². The highest BCUT2D eigenvalue weighted by Gasteiger charge is 2.48. The van der Waals surface area contributed by atoms with E-state index in [1.54, 1.807) is 0 Å². The number of hydrogen-bond acceptors (Lipinski definition) is 5. The second-order valence-corrected chi connectivity index (χ2v) is 10.6. The Balaban J connectivity index is 1.28. The molecule has 1 unspecified atom stereocenters. The molecule has 2 N–H and O–H groups in total. The average Bonchev–Trinajstić information content (AvgIpc) is 3.17. The fourth-order valence-electron chi connectivity index (χ4n) is 6.78. The number of amides is 1. The molecule has 0 spiro atoms. The smallest absolute Gasteiger partial charge is 0.303 e. The summed E-state index contributed by atoms with van der Waals surface area (Å²) in [6.07, 6.45) is 9.61. The number of carboxylic acids is 1. The summed E-state index contributed by atoms with van der Waals surface area (Å²) >= 11 is 1.51. The van der Waals surface area contributed by atoms with Gasteiger partial charge in [0.05, 0.1) is 5.56 Å². The molecule has 1 saturated heterocycles. The quantitative estimate of drug-likeness (QED) is 0.672. The Kier molecular flexibility index (Phi) is 5.42. The Morgan fingerprint density at radius 1 is 1.17 bits per heavy atom. The van der Waals surface area contributed by atoms with E-state index in [4.69, 9.17) is 10.1 Å². The zero-order valence-corrected chi connectivity index (χ0v) is 18.4. The molecular formula is C23H31N3O3S. The molecule has 1 aliphatic heterocycles. The lowest BCUT2D eigenvalue weighted by Gasteiger charge is -2.54. The predicted octanol–water partition coefficient (Wildman–Crippen LogP) is 3.66. The summed E-state index contributed by atoms with van der Waals surface area (Å²) in [7, 11) is 0. The van der Waals surface area contributed by atoms with E-state index in [-0.39, 0.29) is 18.2 Å². The van der Waals surface area contributed by atoms with E-state index in [1.807, 2.05) is 18.4 Å². The Bertz CT molecular complexity index is 817. The summed E-state index contributed by atoms with van der Waals surface area (Å²) in [5.41, 5.74) is 0.668. The number of thioether (sulfide) groups is 1. The number of carbonyl (C=O) groups excluding carboxylic acids is 1. The number of nitrogens with one attached hydrogen (secondary N) is 1. The zero-order chi connectivity index (χ0) is 20.8. The Morgan fingerprint density at radius 2 is 1.87 bits per heavy atom. The van der Waals surface area contributed by atoms with Gasteiger partial charge in [-0.1, -0.05) is 0 Å². The van der Waals surface area contributed by atoms with Crippen molar-refractivity contribution in [3.8, 4) is 0 Å². The van der Waals surface area contributed by atoms with Gasteiger partial charge in [0.2, 0.25) is 0 Å². The number of nitrogens with zero attached hydrogens (tertiary/aromatic N) is 2. The first-order chi connectivity index (χ1) is 14.5. The SMILES string of the molecule is CSc1nc(N2CCC(CC(=O)O)C2)ccc1C(=O)NC1C2CC3CC(C2)CC1C3. The van der Waals surface area contributed by atoms with Crippen molar-refractivity contribution >= 4 is 29.5 Å². The average molecular weight is 430 g/mol. The number of carboxylic acid groups (broad SMARTS) is 1. The van der Waals surface area contributed by atoms with Gasteiger partial charge >= 0.3 is 5.97 Å². The maximum atomic E-state index is 13.2. The van der Waals surface area contributed by atoms with Crippen LogP contribution in [0.15, 0.2) is 17.2 Å². The van der Waals surface area contributed by atoms with Crippen LogP contribution < -0.4 is 10.2 Å². The van der Waals surface area contributed by atoms with Gasteiger partial charge in [-0.3, -0.25) is 9.59 Å². The third-order valence-electron chi connectivity index (χ3n) is 7.88. The summed E-state index contributed by atoms with van der Waals surface area (Å²) in [4.78, 5) is 31.1. The van der Waals surface area contributed by atoms with Crippen molar-refractivity contribution < 1.29 is 14.7 Å². The molecule has 2 heterocycles. The number of carbonyl (C=O) groups is 2. The maximum absolute atomic E-state index is 13.2. The number of pyridine rings is 1. The third-order valence-corrected chi connectivity index (χ3v) is 8.58. The monoisotopic (exact) mass is 429 g/mol. The molecule has 1 atom stereocenters. The maximum Gasteiger partial charge on any atom is 0.303 e. The fourth-order valence-corrected chi connectivity index (χ4v) is 7.34. The lowest BCUT2D eigenvalue weighted by molar-refractivity contribution is -0.137. The van der Waals surface area contributed by atoms with Crippen molar-refractivity contribution in [2.75, 3.05) is 24.2 Å². The molecule has 6 rings (SSSR count). The van der Waals surface area contributed by atoms with Gasteiger partial charge < -0.3 is 15.3 Å². The summed E-state index contributed by atoms with van der Waals surface area (Å²) in [6.45, 7) is 1.53. The van der Waals surface area contributed by atoms with Gasteiger partial charge in [0.25, 0.3) is 5.91 Å². The van der Waals surface area contributed by atoms with E-state index in [0.29, 0.717) is 30.0 Å². The number of anilines is 1. The Morgan fingerprint density at radius 3 is 2.50 bits per heavy atom. The van der Waals surface area contributed by atoms with Crippen LogP contribution in [0.3, 0.4) is 0 Å². The fraction of sp³-hybridized carbons (Fsp3) is 0.696. The first kappa shape index (κ1) is 20.2. The minimum atomic E-state index is -0.739. The number of aromatic nitrogens is 1. The first-order valence-corrected chi connectivity index (χ1v) is 12.5. The number of aliphatic carboxylic acids is 1. The minimum absolute atomic E-state index is 0.0149. The molecule has 4 aliphatic carbocycles. The molecule has 1 amide bonds. The van der Waals surface area contributed by atoms with E-state index >= 15 is 0 Å². The second-order valence-electron chi connectivity index (χ2n) is 9.85. The highest BCUT2D eigenvalue weighted by atomic mass is 32.2. The molecular weight excluding hydrogens is 398 g/mol. The van der Waals surface area contributed by atoms with Crippen molar-refractivity contribution in [1.82, 2.24) is 10.3 Å². The summed E-state index contributed by atoms with van der Waals surface area (Å²) in [5, 5.41) is 13.2. The summed E-state index contributed by atoms with van der Waals surface area (Å²) in [5.74, 6) is 3.40. The predicted molar refractivity (Wildman–Crippen MR) is 117 cm³/mol. The van der Waals surface area contributed by atoms with Gasteiger partial charge in [-0.2, -0.15) is 0 Å². The van der Waals surface area contributed by atoms with Crippen molar-refractivity contribution in [3.63, 3.8) is 0 Å². The standard InChI is InChI=1S/C23H31N3O3S/c1-30-23-18(2-3-19(24-23)26-5-4-13(12-26)11-20(27)28)22(29)25-21-16-7-14-6-15(9-16)10-17(21)8-14/h2-3,13-17,21H,4-12H2,1H3,(H,25,29)(H,27,28). The Labute approximate surface area is 182 Å². The molecule has 5 aliphatic rings. The highest BCUT2D eigenvalue weighted by molar-refractivity contribution is 7.98. The van der Waals surface area contributed by atoms with Crippen LogP contribution in [0.5, 0.6) is 0 Å². The summed E-state index contributed by atoms with van der Waals surface area (Å²) < 4.78 is 0. The minimum Gasteiger partial charge on any atom is -0.481 e. The second kappa shape index (κ2) is 8.06. The molecule has 6 nitrogen and oxygen atoms in total. The molecule has 162 valence electrons.